The Balaban J connectivity index is 2.16. The third-order valence-corrected chi connectivity index (χ3v) is 8.43. The van der Waals surface area contributed by atoms with Crippen molar-refractivity contribution in [3.05, 3.63) is 0 Å². The number of amides is 1. The highest BCUT2D eigenvalue weighted by atomic mass is 16.3. The summed E-state index contributed by atoms with van der Waals surface area (Å²) in [7, 11) is 4.43. The van der Waals surface area contributed by atoms with Gasteiger partial charge in [-0.3, -0.25) is 4.79 Å². The predicted octanol–water partition coefficient (Wildman–Crippen LogP) is 6.51. The molecule has 3 N–H and O–H groups in total. The van der Waals surface area contributed by atoms with Gasteiger partial charge < -0.3 is 25.5 Å². The number of unbranched alkanes of at least 4 members (excludes halogenated alkanes) is 11. The van der Waals surface area contributed by atoms with Crippen molar-refractivity contribution in [2.75, 3.05) is 53.4 Å². The van der Waals surface area contributed by atoms with Crippen LogP contribution in [0.2, 0.25) is 0 Å². The molecule has 0 aromatic heterocycles. The molecule has 0 bridgehead atoms. The summed E-state index contributed by atoms with van der Waals surface area (Å²) in [6, 6.07) is 0.287. The molecule has 0 radical (unpaired) electrons. The van der Waals surface area contributed by atoms with Crippen LogP contribution >= 0.6 is 0 Å². The second kappa shape index (κ2) is 26.2. The third-order valence-electron chi connectivity index (χ3n) is 8.43. The molecule has 0 saturated carbocycles. The molecule has 1 heterocycles. The van der Waals surface area contributed by atoms with Crippen LogP contribution in [0.25, 0.3) is 0 Å². The molecule has 0 aromatic rings. The smallest absolute Gasteiger partial charge is 0.221 e. The van der Waals surface area contributed by atoms with Crippen molar-refractivity contribution in [2.45, 2.75) is 154 Å². The van der Waals surface area contributed by atoms with Gasteiger partial charge in [0.05, 0.1) is 6.10 Å². The highest BCUT2D eigenvalue weighted by Gasteiger charge is 2.14. The van der Waals surface area contributed by atoms with Crippen molar-refractivity contribution < 1.29 is 9.90 Å². The second-order valence-electron chi connectivity index (χ2n) is 12.5. The first kappa shape index (κ1) is 36.3. The molecule has 0 aromatic carbocycles. The molecule has 2 atom stereocenters. The van der Waals surface area contributed by atoms with Crippen LogP contribution in [0.5, 0.6) is 0 Å². The number of aliphatic hydroxyl groups excluding tert-OH is 1. The van der Waals surface area contributed by atoms with E-state index in [4.69, 9.17) is 0 Å². The zero-order chi connectivity index (χ0) is 28.4. The standard InChI is InChI=1S/C33H68N4O2/c1-4-5-6-7-8-12-15-22-32(38)23-16-13-10-9-11-14-21-31-30-33(39)35-25-20-29-37(3)27-18-17-26-36(2)28-19-24-34-31/h31-32,34,38H,4-30H2,1-3H3,(H,35,39). The van der Waals surface area contributed by atoms with Crippen LogP contribution in [0.4, 0.5) is 0 Å². The fourth-order valence-corrected chi connectivity index (χ4v) is 5.75. The van der Waals surface area contributed by atoms with Crippen molar-refractivity contribution in [2.24, 2.45) is 0 Å². The first-order valence-corrected chi connectivity index (χ1v) is 17.1. The molecule has 1 aliphatic rings. The van der Waals surface area contributed by atoms with Gasteiger partial charge in [-0.1, -0.05) is 90.4 Å². The van der Waals surface area contributed by atoms with Crippen molar-refractivity contribution in [1.29, 1.82) is 0 Å². The average molecular weight is 553 g/mol. The molecule has 0 aliphatic carbocycles. The summed E-state index contributed by atoms with van der Waals surface area (Å²) in [5, 5.41) is 17.1. The zero-order valence-electron chi connectivity index (χ0n) is 26.5. The maximum atomic E-state index is 12.6. The van der Waals surface area contributed by atoms with Crippen molar-refractivity contribution in [3.8, 4) is 0 Å². The van der Waals surface area contributed by atoms with Gasteiger partial charge in [-0.05, 0) is 91.8 Å². The van der Waals surface area contributed by atoms with Crippen LogP contribution in [-0.4, -0.2) is 86.3 Å². The van der Waals surface area contributed by atoms with E-state index in [1.165, 1.54) is 96.4 Å². The Morgan fingerprint density at radius 1 is 0.718 bits per heavy atom. The summed E-state index contributed by atoms with van der Waals surface area (Å²) in [5.74, 6) is 0.201. The van der Waals surface area contributed by atoms with E-state index in [-0.39, 0.29) is 18.1 Å². The Morgan fingerprint density at radius 3 is 1.79 bits per heavy atom. The first-order valence-electron chi connectivity index (χ1n) is 17.1. The van der Waals surface area contributed by atoms with E-state index in [0.29, 0.717) is 6.42 Å². The lowest BCUT2D eigenvalue weighted by atomic mass is 10.0. The van der Waals surface area contributed by atoms with Crippen LogP contribution in [0.3, 0.4) is 0 Å². The molecular weight excluding hydrogens is 484 g/mol. The van der Waals surface area contributed by atoms with Gasteiger partial charge in [-0.2, -0.15) is 0 Å². The van der Waals surface area contributed by atoms with Gasteiger partial charge in [-0.25, -0.2) is 0 Å². The maximum absolute atomic E-state index is 12.6. The molecule has 1 aliphatic heterocycles. The average Bonchev–Trinajstić information content (AvgIpc) is 2.92. The molecular formula is C33H68N4O2. The summed E-state index contributed by atoms with van der Waals surface area (Å²) < 4.78 is 0. The van der Waals surface area contributed by atoms with E-state index in [9.17, 15) is 9.90 Å². The quantitative estimate of drug-likeness (QED) is 0.180. The Morgan fingerprint density at radius 2 is 1.21 bits per heavy atom. The Kier molecular flexibility index (Phi) is 24.4. The van der Waals surface area contributed by atoms with Crippen molar-refractivity contribution in [3.63, 3.8) is 0 Å². The van der Waals surface area contributed by atoms with Gasteiger partial charge in [0.1, 0.15) is 0 Å². The molecule has 39 heavy (non-hydrogen) atoms. The fourth-order valence-electron chi connectivity index (χ4n) is 5.75. The molecule has 232 valence electrons. The minimum Gasteiger partial charge on any atom is -0.393 e. The molecule has 6 nitrogen and oxygen atoms in total. The monoisotopic (exact) mass is 553 g/mol. The van der Waals surface area contributed by atoms with E-state index >= 15 is 0 Å². The predicted molar refractivity (Wildman–Crippen MR) is 168 cm³/mol. The minimum absolute atomic E-state index is 0.0911. The van der Waals surface area contributed by atoms with Crippen molar-refractivity contribution >= 4 is 5.91 Å². The van der Waals surface area contributed by atoms with Gasteiger partial charge in [0.2, 0.25) is 5.91 Å². The fraction of sp³-hybridized carbons (Fsp3) is 0.970. The number of nitrogens with zero attached hydrogens (tertiary/aromatic N) is 2. The highest BCUT2D eigenvalue weighted by molar-refractivity contribution is 5.76. The number of nitrogens with one attached hydrogen (secondary N) is 2. The normalized spacial score (nSPS) is 20.9. The second-order valence-corrected chi connectivity index (χ2v) is 12.5. The number of rotatable bonds is 17. The molecule has 1 fully saturated rings. The summed E-state index contributed by atoms with van der Waals surface area (Å²) in [6.45, 7) is 8.53. The minimum atomic E-state index is -0.0911. The SMILES string of the molecule is CCCCCCCCCC(O)CCCCCCCCC1CC(=O)NCCCN(C)CCCCN(C)CCCN1. The van der Waals surface area contributed by atoms with E-state index in [2.05, 4.69) is 41.5 Å². The Hall–Kier alpha value is -0.690. The number of hydrogen-bond acceptors (Lipinski definition) is 5. The summed E-state index contributed by atoms with van der Waals surface area (Å²) in [5.41, 5.74) is 0. The molecule has 1 amide bonds. The van der Waals surface area contributed by atoms with E-state index in [1.54, 1.807) is 0 Å². The third kappa shape index (κ3) is 23.7. The number of aliphatic hydroxyl groups is 1. The molecule has 1 saturated heterocycles. The lowest BCUT2D eigenvalue weighted by Crippen LogP contribution is -2.37. The van der Waals surface area contributed by atoms with Gasteiger partial charge in [0.15, 0.2) is 0 Å². The lowest BCUT2D eigenvalue weighted by Gasteiger charge is -2.20. The molecule has 2 unspecified atom stereocenters. The van der Waals surface area contributed by atoms with Gasteiger partial charge in [0.25, 0.3) is 0 Å². The largest absolute Gasteiger partial charge is 0.393 e. The van der Waals surface area contributed by atoms with E-state index in [0.717, 1.165) is 71.2 Å². The number of carbonyl (C=O) groups is 1. The van der Waals surface area contributed by atoms with E-state index < -0.39 is 0 Å². The number of carbonyl (C=O) groups excluding carboxylic acids is 1. The number of hydrogen-bond donors (Lipinski definition) is 3. The molecule has 0 spiro atoms. The van der Waals surface area contributed by atoms with Gasteiger partial charge in [0, 0.05) is 19.0 Å². The Labute approximate surface area is 243 Å². The maximum Gasteiger partial charge on any atom is 0.221 e. The Bertz CT molecular complexity index is 548. The van der Waals surface area contributed by atoms with Gasteiger partial charge >= 0.3 is 0 Å². The van der Waals surface area contributed by atoms with Crippen molar-refractivity contribution in [1.82, 2.24) is 20.4 Å². The topological polar surface area (TPSA) is 67.8 Å². The lowest BCUT2D eigenvalue weighted by molar-refractivity contribution is -0.121. The van der Waals surface area contributed by atoms with Crippen LogP contribution in [0.1, 0.15) is 142 Å². The zero-order valence-corrected chi connectivity index (χ0v) is 26.5. The van der Waals surface area contributed by atoms with Crippen LogP contribution in [-0.2, 0) is 4.79 Å². The summed E-state index contributed by atoms with van der Waals surface area (Å²) >= 11 is 0. The summed E-state index contributed by atoms with van der Waals surface area (Å²) in [6.07, 6.45) is 24.8. The summed E-state index contributed by atoms with van der Waals surface area (Å²) in [4.78, 5) is 17.4. The van der Waals surface area contributed by atoms with Crippen LogP contribution < -0.4 is 10.6 Å². The highest BCUT2D eigenvalue weighted by Crippen LogP contribution is 2.15. The molecule has 6 heteroatoms. The van der Waals surface area contributed by atoms with E-state index in [1.807, 2.05) is 0 Å². The van der Waals surface area contributed by atoms with Gasteiger partial charge in [-0.15, -0.1) is 0 Å². The first-order chi connectivity index (χ1) is 19.0. The molecule has 1 rings (SSSR count). The van der Waals surface area contributed by atoms with Crippen LogP contribution in [0.15, 0.2) is 0 Å². The van der Waals surface area contributed by atoms with Crippen LogP contribution in [0, 0.1) is 0 Å².